The highest BCUT2D eigenvalue weighted by Crippen LogP contribution is 2.17. The Morgan fingerprint density at radius 1 is 1.30 bits per heavy atom. The van der Waals surface area contributed by atoms with Crippen LogP contribution in [0.2, 0.25) is 0 Å². The van der Waals surface area contributed by atoms with E-state index in [9.17, 15) is 4.79 Å². The summed E-state index contributed by atoms with van der Waals surface area (Å²) in [6.45, 7) is 7.15. The average molecular weight is 316 g/mol. The van der Waals surface area contributed by atoms with E-state index in [4.69, 9.17) is 0 Å². The van der Waals surface area contributed by atoms with Crippen molar-refractivity contribution in [1.82, 2.24) is 20.1 Å². The minimum absolute atomic E-state index is 0.318. The molecule has 1 atom stereocenters. The molecule has 1 N–H and O–H groups in total. The number of aromatic nitrogens is 1. The lowest BCUT2D eigenvalue weighted by Crippen LogP contribution is -2.46. The Morgan fingerprint density at radius 2 is 2.13 bits per heavy atom. The quantitative estimate of drug-likeness (QED) is 0.867. The molecule has 0 bridgehead atoms. The molecule has 0 radical (unpaired) electrons. The van der Waals surface area contributed by atoms with Gasteiger partial charge in [0.15, 0.2) is 0 Å². The van der Waals surface area contributed by atoms with Crippen molar-refractivity contribution in [1.29, 1.82) is 0 Å². The fourth-order valence-corrected chi connectivity index (χ4v) is 3.71. The molecule has 1 amide bonds. The molecule has 3 rings (SSSR count). The number of hydrogen-bond donors (Lipinski definition) is 1. The van der Waals surface area contributed by atoms with Crippen LogP contribution in [-0.2, 0) is 11.3 Å². The van der Waals surface area contributed by atoms with Gasteiger partial charge >= 0.3 is 0 Å². The van der Waals surface area contributed by atoms with Gasteiger partial charge < -0.3 is 10.2 Å². The second kappa shape index (κ2) is 7.88. The van der Waals surface area contributed by atoms with Crippen LogP contribution < -0.4 is 5.32 Å². The van der Waals surface area contributed by atoms with E-state index in [0.29, 0.717) is 24.4 Å². The van der Waals surface area contributed by atoms with Crippen LogP contribution in [0, 0.1) is 0 Å². The second-order valence-corrected chi connectivity index (χ2v) is 6.82. The van der Waals surface area contributed by atoms with Crippen LogP contribution in [-0.4, -0.2) is 59.0 Å². The van der Waals surface area contributed by atoms with Crippen molar-refractivity contribution < 1.29 is 4.79 Å². The molecule has 5 heteroatoms. The third kappa shape index (κ3) is 4.52. The first-order valence-corrected chi connectivity index (χ1v) is 8.89. The maximum absolute atomic E-state index is 11.9. The van der Waals surface area contributed by atoms with Gasteiger partial charge in [-0.3, -0.25) is 14.7 Å². The maximum atomic E-state index is 11.9. The molecule has 0 aromatic carbocycles. The van der Waals surface area contributed by atoms with E-state index >= 15 is 0 Å². The minimum atomic E-state index is 0.318. The molecule has 0 unspecified atom stereocenters. The Bertz CT molecular complexity index is 499. The summed E-state index contributed by atoms with van der Waals surface area (Å²) in [6.07, 6.45) is 7.83. The van der Waals surface area contributed by atoms with Gasteiger partial charge in [0.25, 0.3) is 0 Å². The van der Waals surface area contributed by atoms with Crippen LogP contribution in [0.3, 0.4) is 0 Å². The molecule has 2 aliphatic rings. The Hall–Kier alpha value is -1.46. The normalized spacial score (nSPS) is 23.6. The van der Waals surface area contributed by atoms with Gasteiger partial charge in [-0.1, -0.05) is 13.0 Å². The van der Waals surface area contributed by atoms with Crippen molar-refractivity contribution >= 4 is 5.91 Å². The molecule has 0 aliphatic carbocycles. The standard InChI is InChI=1S/C18H28N4O/c1-2-8-22-14-17(11-18(22)23)20-16-5-9-21(10-6-16)13-15-4-3-7-19-12-15/h3-4,7,12,16-17,20H,2,5-6,8-11,13-14H2,1H3/t17-/m0/s1. The number of nitrogens with one attached hydrogen (secondary N) is 1. The molecule has 1 aromatic heterocycles. The molecular formula is C18H28N4O. The van der Waals surface area contributed by atoms with Crippen LogP contribution >= 0.6 is 0 Å². The summed E-state index contributed by atoms with van der Waals surface area (Å²) in [4.78, 5) is 20.6. The van der Waals surface area contributed by atoms with Crippen LogP contribution in [0.15, 0.2) is 24.5 Å². The van der Waals surface area contributed by atoms with Gasteiger partial charge in [0.1, 0.15) is 0 Å². The number of rotatable bonds is 6. The molecule has 0 saturated carbocycles. The van der Waals surface area contributed by atoms with Gasteiger partial charge in [-0.2, -0.15) is 0 Å². The summed E-state index contributed by atoms with van der Waals surface area (Å²) in [5, 5.41) is 3.72. The fraction of sp³-hybridized carbons (Fsp3) is 0.667. The molecule has 5 nitrogen and oxygen atoms in total. The maximum Gasteiger partial charge on any atom is 0.224 e. The molecular weight excluding hydrogens is 288 g/mol. The summed E-state index contributed by atoms with van der Waals surface area (Å²) in [6, 6.07) is 5.05. The lowest BCUT2D eigenvalue weighted by Gasteiger charge is -2.33. The molecule has 1 aromatic rings. The van der Waals surface area contributed by atoms with E-state index in [1.54, 1.807) is 0 Å². The first-order chi connectivity index (χ1) is 11.2. The molecule has 23 heavy (non-hydrogen) atoms. The predicted molar refractivity (Wildman–Crippen MR) is 90.9 cm³/mol. The topological polar surface area (TPSA) is 48.5 Å². The zero-order valence-electron chi connectivity index (χ0n) is 14.1. The minimum Gasteiger partial charge on any atom is -0.341 e. The Balaban J connectivity index is 1.40. The number of carbonyl (C=O) groups excluding carboxylic acids is 1. The molecule has 2 saturated heterocycles. The van der Waals surface area contributed by atoms with E-state index in [1.807, 2.05) is 23.4 Å². The number of hydrogen-bond acceptors (Lipinski definition) is 4. The number of likely N-dealkylation sites (tertiary alicyclic amines) is 2. The summed E-state index contributed by atoms with van der Waals surface area (Å²) >= 11 is 0. The number of carbonyl (C=O) groups is 1. The highest BCUT2D eigenvalue weighted by atomic mass is 16.2. The molecule has 2 fully saturated rings. The fourth-order valence-electron chi connectivity index (χ4n) is 3.71. The van der Waals surface area contributed by atoms with Crippen molar-refractivity contribution in [3.05, 3.63) is 30.1 Å². The van der Waals surface area contributed by atoms with Crippen molar-refractivity contribution in [2.24, 2.45) is 0 Å². The third-order valence-corrected chi connectivity index (χ3v) is 4.90. The summed E-state index contributed by atoms with van der Waals surface area (Å²) < 4.78 is 0. The summed E-state index contributed by atoms with van der Waals surface area (Å²) in [7, 11) is 0. The highest BCUT2D eigenvalue weighted by molar-refractivity contribution is 5.79. The Kier molecular flexibility index (Phi) is 5.62. The zero-order valence-corrected chi connectivity index (χ0v) is 14.1. The van der Waals surface area contributed by atoms with Gasteiger partial charge in [0.05, 0.1) is 0 Å². The van der Waals surface area contributed by atoms with Crippen molar-refractivity contribution in [3.63, 3.8) is 0 Å². The van der Waals surface area contributed by atoms with Crippen molar-refractivity contribution in [2.75, 3.05) is 26.2 Å². The Labute approximate surface area is 139 Å². The van der Waals surface area contributed by atoms with Crippen molar-refractivity contribution in [3.8, 4) is 0 Å². The first-order valence-electron chi connectivity index (χ1n) is 8.89. The third-order valence-electron chi connectivity index (χ3n) is 4.90. The average Bonchev–Trinajstić information content (AvgIpc) is 2.90. The van der Waals surface area contributed by atoms with Crippen LogP contribution in [0.5, 0.6) is 0 Å². The van der Waals surface area contributed by atoms with E-state index in [2.05, 4.69) is 28.2 Å². The van der Waals surface area contributed by atoms with E-state index in [-0.39, 0.29) is 0 Å². The van der Waals surface area contributed by atoms with Gasteiger partial charge in [-0.15, -0.1) is 0 Å². The smallest absolute Gasteiger partial charge is 0.224 e. The highest BCUT2D eigenvalue weighted by Gasteiger charge is 2.31. The van der Waals surface area contributed by atoms with E-state index in [1.165, 1.54) is 18.4 Å². The Morgan fingerprint density at radius 3 is 2.83 bits per heavy atom. The second-order valence-electron chi connectivity index (χ2n) is 6.82. The van der Waals surface area contributed by atoms with Crippen LogP contribution in [0.1, 0.15) is 38.2 Å². The predicted octanol–water partition coefficient (Wildman–Crippen LogP) is 1.65. The van der Waals surface area contributed by atoms with Gasteiger partial charge in [0, 0.05) is 50.5 Å². The molecule has 2 aliphatic heterocycles. The molecule has 126 valence electrons. The van der Waals surface area contributed by atoms with Crippen molar-refractivity contribution in [2.45, 2.75) is 51.2 Å². The lowest BCUT2D eigenvalue weighted by molar-refractivity contribution is -0.127. The van der Waals surface area contributed by atoms with E-state index in [0.717, 1.165) is 39.1 Å². The van der Waals surface area contributed by atoms with Gasteiger partial charge in [-0.25, -0.2) is 0 Å². The van der Waals surface area contributed by atoms with Gasteiger partial charge in [-0.05, 0) is 44.0 Å². The zero-order chi connectivity index (χ0) is 16.1. The largest absolute Gasteiger partial charge is 0.341 e. The number of nitrogens with zero attached hydrogens (tertiary/aromatic N) is 3. The van der Waals surface area contributed by atoms with Crippen LogP contribution in [0.4, 0.5) is 0 Å². The SMILES string of the molecule is CCCN1C[C@@H](NC2CCN(Cc3cccnc3)CC2)CC1=O. The summed E-state index contributed by atoms with van der Waals surface area (Å²) in [5.74, 6) is 0.318. The molecule has 0 spiro atoms. The first kappa shape index (κ1) is 16.4. The number of piperidine rings is 1. The summed E-state index contributed by atoms with van der Waals surface area (Å²) in [5.41, 5.74) is 1.29. The van der Waals surface area contributed by atoms with Gasteiger partial charge in [0.2, 0.25) is 5.91 Å². The number of pyridine rings is 1. The monoisotopic (exact) mass is 316 g/mol. The van der Waals surface area contributed by atoms with E-state index < -0.39 is 0 Å². The van der Waals surface area contributed by atoms with Crippen LogP contribution in [0.25, 0.3) is 0 Å². The number of amides is 1. The lowest BCUT2D eigenvalue weighted by atomic mass is 10.0. The molecule has 3 heterocycles.